The molecule has 0 aliphatic carbocycles. The zero-order valence-electron chi connectivity index (χ0n) is 10.7. The molecular weight excluding hydrogens is 343 g/mol. The van der Waals surface area contributed by atoms with Gasteiger partial charge in [0.25, 0.3) is 0 Å². The molecule has 0 N–H and O–H groups in total. The first-order valence-corrected chi connectivity index (χ1v) is 7.34. The van der Waals surface area contributed by atoms with E-state index in [0.717, 1.165) is 25.0 Å². The minimum absolute atomic E-state index is 0.101. The van der Waals surface area contributed by atoms with Crippen LogP contribution in [0.25, 0.3) is 0 Å². The molecule has 1 rings (SSSR count). The number of ether oxygens (including phenoxy) is 2. The molecule has 100 valence electrons. The molecule has 0 aliphatic rings. The first kappa shape index (κ1) is 15.3. The van der Waals surface area contributed by atoms with Gasteiger partial charge in [-0.1, -0.05) is 6.07 Å². The summed E-state index contributed by atoms with van der Waals surface area (Å²) in [5, 5.41) is 0. The number of unbranched alkanes of at least 4 members (excludes halogenated alkanes) is 2. The third-order valence-corrected chi connectivity index (χ3v) is 3.07. The van der Waals surface area contributed by atoms with E-state index in [4.69, 9.17) is 9.47 Å². The smallest absolute Gasteiger partial charge is 0.305 e. The molecule has 0 saturated heterocycles. The van der Waals surface area contributed by atoms with E-state index in [1.165, 1.54) is 3.57 Å². The lowest BCUT2D eigenvalue weighted by Gasteiger charge is -2.06. The second-order valence-corrected chi connectivity index (χ2v) is 5.17. The van der Waals surface area contributed by atoms with E-state index in [1.807, 2.05) is 31.2 Å². The van der Waals surface area contributed by atoms with Gasteiger partial charge < -0.3 is 9.47 Å². The Morgan fingerprint density at radius 1 is 1.28 bits per heavy atom. The molecule has 18 heavy (non-hydrogen) atoms. The summed E-state index contributed by atoms with van der Waals surface area (Å²) < 4.78 is 11.7. The summed E-state index contributed by atoms with van der Waals surface area (Å²) in [5.41, 5.74) is 0. The first-order chi connectivity index (χ1) is 8.72. The van der Waals surface area contributed by atoms with Gasteiger partial charge in [-0.25, -0.2) is 0 Å². The number of carbonyl (C=O) groups excluding carboxylic acids is 1. The SMILES string of the molecule is CCOC(=O)CCCCCOc1cccc(I)c1. The molecule has 0 spiro atoms. The third kappa shape index (κ3) is 6.83. The van der Waals surface area contributed by atoms with E-state index < -0.39 is 0 Å². The van der Waals surface area contributed by atoms with E-state index in [0.29, 0.717) is 19.6 Å². The minimum atomic E-state index is -0.101. The maximum atomic E-state index is 11.1. The molecule has 0 atom stereocenters. The van der Waals surface area contributed by atoms with Gasteiger partial charge in [-0.2, -0.15) is 0 Å². The topological polar surface area (TPSA) is 35.5 Å². The Morgan fingerprint density at radius 2 is 2.11 bits per heavy atom. The maximum Gasteiger partial charge on any atom is 0.305 e. The number of halogens is 1. The summed E-state index contributed by atoms with van der Waals surface area (Å²) in [6.45, 7) is 2.99. The maximum absolute atomic E-state index is 11.1. The molecule has 0 aliphatic heterocycles. The van der Waals surface area contributed by atoms with Crippen LogP contribution in [0.1, 0.15) is 32.6 Å². The fourth-order valence-corrected chi connectivity index (χ4v) is 2.04. The molecule has 0 aromatic heterocycles. The fraction of sp³-hybridized carbons (Fsp3) is 0.500. The van der Waals surface area contributed by atoms with Crippen molar-refractivity contribution >= 4 is 28.6 Å². The predicted octanol–water partition coefficient (Wildman–Crippen LogP) is 3.79. The molecule has 1 aromatic rings. The average molecular weight is 362 g/mol. The molecule has 0 radical (unpaired) electrons. The number of esters is 1. The Labute approximate surface area is 122 Å². The van der Waals surface area contributed by atoms with Crippen molar-refractivity contribution in [3.63, 3.8) is 0 Å². The Morgan fingerprint density at radius 3 is 2.83 bits per heavy atom. The lowest BCUT2D eigenvalue weighted by Crippen LogP contribution is -2.04. The largest absolute Gasteiger partial charge is 0.494 e. The Bertz CT molecular complexity index is 366. The highest BCUT2D eigenvalue weighted by Gasteiger charge is 2.01. The molecule has 0 saturated carbocycles. The van der Waals surface area contributed by atoms with Crippen LogP contribution in [0.5, 0.6) is 5.75 Å². The Hall–Kier alpha value is -0.780. The van der Waals surface area contributed by atoms with Gasteiger partial charge in [0.15, 0.2) is 0 Å². The van der Waals surface area contributed by atoms with Gasteiger partial charge in [-0.05, 0) is 67.0 Å². The van der Waals surface area contributed by atoms with E-state index in [-0.39, 0.29) is 5.97 Å². The monoisotopic (exact) mass is 362 g/mol. The van der Waals surface area contributed by atoms with Gasteiger partial charge in [-0.3, -0.25) is 4.79 Å². The van der Waals surface area contributed by atoms with Crippen LogP contribution < -0.4 is 4.74 Å². The quantitative estimate of drug-likeness (QED) is 0.401. The highest BCUT2D eigenvalue weighted by atomic mass is 127. The van der Waals surface area contributed by atoms with Crippen LogP contribution >= 0.6 is 22.6 Å². The van der Waals surface area contributed by atoms with Crippen LogP contribution in [0.2, 0.25) is 0 Å². The number of hydrogen-bond donors (Lipinski definition) is 0. The van der Waals surface area contributed by atoms with Gasteiger partial charge in [0.2, 0.25) is 0 Å². The van der Waals surface area contributed by atoms with Gasteiger partial charge in [-0.15, -0.1) is 0 Å². The summed E-state index contributed by atoms with van der Waals surface area (Å²) in [7, 11) is 0. The Balaban J connectivity index is 2.04. The van der Waals surface area contributed by atoms with Gasteiger partial charge >= 0.3 is 5.97 Å². The number of benzene rings is 1. The zero-order chi connectivity index (χ0) is 13.2. The van der Waals surface area contributed by atoms with Crippen molar-refractivity contribution < 1.29 is 14.3 Å². The molecule has 3 nitrogen and oxygen atoms in total. The molecule has 0 unspecified atom stereocenters. The normalized spacial score (nSPS) is 10.1. The third-order valence-electron chi connectivity index (χ3n) is 2.40. The second-order valence-electron chi connectivity index (χ2n) is 3.92. The molecule has 0 fully saturated rings. The second kappa shape index (κ2) is 9.19. The Kier molecular flexibility index (Phi) is 7.80. The van der Waals surface area contributed by atoms with Crippen LogP contribution in [0.15, 0.2) is 24.3 Å². The average Bonchev–Trinajstić information content (AvgIpc) is 2.34. The zero-order valence-corrected chi connectivity index (χ0v) is 12.8. The summed E-state index contributed by atoms with van der Waals surface area (Å²) in [6.07, 6.45) is 3.33. The summed E-state index contributed by atoms with van der Waals surface area (Å²) >= 11 is 2.26. The van der Waals surface area contributed by atoms with Crippen molar-refractivity contribution in [2.45, 2.75) is 32.6 Å². The molecular formula is C14H19IO3. The highest BCUT2D eigenvalue weighted by Crippen LogP contribution is 2.15. The lowest BCUT2D eigenvalue weighted by molar-refractivity contribution is -0.143. The van der Waals surface area contributed by atoms with Crippen LogP contribution in [-0.4, -0.2) is 19.2 Å². The van der Waals surface area contributed by atoms with Gasteiger partial charge in [0, 0.05) is 9.99 Å². The van der Waals surface area contributed by atoms with Crippen molar-refractivity contribution in [2.24, 2.45) is 0 Å². The first-order valence-electron chi connectivity index (χ1n) is 6.26. The number of carbonyl (C=O) groups is 1. The van der Waals surface area contributed by atoms with E-state index in [1.54, 1.807) is 0 Å². The molecule has 1 aromatic carbocycles. The van der Waals surface area contributed by atoms with Crippen LogP contribution in [-0.2, 0) is 9.53 Å². The van der Waals surface area contributed by atoms with Crippen LogP contribution in [0, 0.1) is 3.57 Å². The van der Waals surface area contributed by atoms with E-state index in [9.17, 15) is 4.79 Å². The standard InChI is InChI=1S/C14H19IO3/c1-2-17-14(16)9-4-3-5-10-18-13-8-6-7-12(15)11-13/h6-8,11H,2-5,9-10H2,1H3. The minimum Gasteiger partial charge on any atom is -0.494 e. The van der Waals surface area contributed by atoms with Crippen molar-refractivity contribution in [1.82, 2.24) is 0 Å². The van der Waals surface area contributed by atoms with Crippen LogP contribution in [0.4, 0.5) is 0 Å². The fourth-order valence-electron chi connectivity index (χ4n) is 1.53. The molecule has 0 amide bonds. The van der Waals surface area contributed by atoms with Crippen molar-refractivity contribution in [3.05, 3.63) is 27.8 Å². The van der Waals surface area contributed by atoms with E-state index >= 15 is 0 Å². The highest BCUT2D eigenvalue weighted by molar-refractivity contribution is 14.1. The number of rotatable bonds is 8. The van der Waals surface area contributed by atoms with Crippen molar-refractivity contribution in [1.29, 1.82) is 0 Å². The summed E-state index contributed by atoms with van der Waals surface area (Å²) in [4.78, 5) is 11.1. The van der Waals surface area contributed by atoms with Crippen LogP contribution in [0.3, 0.4) is 0 Å². The predicted molar refractivity (Wildman–Crippen MR) is 79.8 cm³/mol. The summed E-state index contributed by atoms with van der Waals surface area (Å²) in [5.74, 6) is 0.809. The van der Waals surface area contributed by atoms with E-state index in [2.05, 4.69) is 22.6 Å². The number of hydrogen-bond acceptors (Lipinski definition) is 3. The van der Waals surface area contributed by atoms with Crippen molar-refractivity contribution in [2.75, 3.05) is 13.2 Å². The van der Waals surface area contributed by atoms with Gasteiger partial charge in [0.1, 0.15) is 5.75 Å². The van der Waals surface area contributed by atoms with Crippen molar-refractivity contribution in [3.8, 4) is 5.75 Å². The molecule has 0 heterocycles. The summed E-state index contributed by atoms with van der Waals surface area (Å²) in [6, 6.07) is 7.99. The molecule has 0 bridgehead atoms. The lowest BCUT2D eigenvalue weighted by atomic mass is 10.2. The van der Waals surface area contributed by atoms with Gasteiger partial charge in [0.05, 0.1) is 13.2 Å². The molecule has 4 heteroatoms.